The van der Waals surface area contributed by atoms with Crippen LogP contribution in [0.4, 0.5) is 22.2 Å². The number of carbonyl (C=O) groups is 1. The van der Waals surface area contributed by atoms with E-state index in [9.17, 15) is 4.79 Å². The van der Waals surface area contributed by atoms with Gasteiger partial charge in [0.25, 0.3) is 0 Å². The summed E-state index contributed by atoms with van der Waals surface area (Å²) in [5.74, 6) is 1.75. The average molecular weight is 386 g/mol. The van der Waals surface area contributed by atoms with Crippen LogP contribution in [0.3, 0.4) is 0 Å². The number of aromatic nitrogens is 3. The summed E-state index contributed by atoms with van der Waals surface area (Å²) in [5, 5.41) is 14.6. The summed E-state index contributed by atoms with van der Waals surface area (Å²) in [6.45, 7) is 5.50. The molecule has 0 saturated carbocycles. The van der Waals surface area contributed by atoms with Gasteiger partial charge in [0, 0.05) is 19.1 Å². The van der Waals surface area contributed by atoms with Crippen LogP contribution in [-0.4, -0.2) is 59.0 Å². The Morgan fingerprint density at radius 1 is 1.32 bits per heavy atom. The molecule has 3 rings (SSSR count). The molecule has 9 heteroatoms. The summed E-state index contributed by atoms with van der Waals surface area (Å²) in [4.78, 5) is 18.0. The maximum atomic E-state index is 11.8. The Kier molecular flexibility index (Phi) is 6.46. The number of aryl methyl sites for hydroxylation is 1. The van der Waals surface area contributed by atoms with Crippen molar-refractivity contribution in [3.8, 4) is 5.75 Å². The fraction of sp³-hybridized carbons (Fsp3) is 0.474. The van der Waals surface area contributed by atoms with Crippen LogP contribution in [-0.2, 0) is 4.74 Å². The van der Waals surface area contributed by atoms with Gasteiger partial charge in [-0.05, 0) is 44.4 Å². The number of hydrogen-bond acceptors (Lipinski definition) is 8. The van der Waals surface area contributed by atoms with Gasteiger partial charge in [0.05, 0.1) is 25.6 Å². The smallest absolute Gasteiger partial charge is 0.409 e. The molecule has 1 fully saturated rings. The van der Waals surface area contributed by atoms with E-state index >= 15 is 0 Å². The molecule has 28 heavy (non-hydrogen) atoms. The van der Waals surface area contributed by atoms with E-state index in [0.717, 1.165) is 29.8 Å². The van der Waals surface area contributed by atoms with Crippen molar-refractivity contribution >= 4 is 23.5 Å². The lowest BCUT2D eigenvalue weighted by atomic mass is 10.1. The Morgan fingerprint density at radius 3 is 2.82 bits per heavy atom. The molecule has 0 spiro atoms. The van der Waals surface area contributed by atoms with E-state index in [2.05, 4.69) is 25.8 Å². The van der Waals surface area contributed by atoms with Crippen molar-refractivity contribution < 1.29 is 14.3 Å². The standard InChI is InChI=1S/C19H26N6O3/c1-4-28-19(26)25-9-7-14(8-10-25)21-18-23-17(12-20-24-18)22-15-11-13(2)5-6-16(15)27-3/h5-6,11-12,14H,4,7-10H2,1-3H3,(H2,21,22,23,24). The van der Waals surface area contributed by atoms with Crippen LogP contribution < -0.4 is 15.4 Å². The number of nitrogens with zero attached hydrogens (tertiary/aromatic N) is 4. The van der Waals surface area contributed by atoms with E-state index < -0.39 is 0 Å². The summed E-state index contributed by atoms with van der Waals surface area (Å²) in [6, 6.07) is 6.05. The van der Waals surface area contributed by atoms with Crippen LogP contribution >= 0.6 is 0 Å². The molecule has 2 heterocycles. The van der Waals surface area contributed by atoms with Crippen molar-refractivity contribution in [1.82, 2.24) is 20.1 Å². The molecule has 2 N–H and O–H groups in total. The van der Waals surface area contributed by atoms with Crippen LogP contribution in [0.1, 0.15) is 25.3 Å². The Labute approximate surface area is 164 Å². The first-order valence-corrected chi connectivity index (χ1v) is 9.38. The van der Waals surface area contributed by atoms with Crippen LogP contribution in [0, 0.1) is 6.92 Å². The molecule has 1 aromatic carbocycles. The second-order valence-electron chi connectivity index (χ2n) is 6.60. The first kappa shape index (κ1) is 19.7. The number of amides is 1. The summed E-state index contributed by atoms with van der Waals surface area (Å²) >= 11 is 0. The molecular formula is C19H26N6O3. The Hall–Kier alpha value is -3.10. The monoisotopic (exact) mass is 386 g/mol. The minimum atomic E-state index is -0.253. The lowest BCUT2D eigenvalue weighted by Gasteiger charge is -2.31. The highest BCUT2D eigenvalue weighted by Crippen LogP contribution is 2.28. The molecule has 2 aromatic rings. The third-order valence-corrected chi connectivity index (χ3v) is 4.53. The number of carbonyl (C=O) groups excluding carboxylic acids is 1. The molecule has 9 nitrogen and oxygen atoms in total. The maximum absolute atomic E-state index is 11.8. The van der Waals surface area contributed by atoms with Crippen molar-refractivity contribution in [2.75, 3.05) is 37.4 Å². The van der Waals surface area contributed by atoms with Crippen LogP contribution in [0.2, 0.25) is 0 Å². The fourth-order valence-corrected chi connectivity index (χ4v) is 3.09. The summed E-state index contributed by atoms with van der Waals surface area (Å²) in [6.07, 6.45) is 2.91. The molecule has 1 amide bonds. The van der Waals surface area contributed by atoms with E-state index in [4.69, 9.17) is 9.47 Å². The number of methoxy groups -OCH3 is 1. The van der Waals surface area contributed by atoms with Crippen LogP contribution in [0.5, 0.6) is 5.75 Å². The van der Waals surface area contributed by atoms with Crippen molar-refractivity contribution in [2.45, 2.75) is 32.7 Å². The number of benzene rings is 1. The van der Waals surface area contributed by atoms with Crippen molar-refractivity contribution in [2.24, 2.45) is 0 Å². The molecule has 1 aromatic heterocycles. The van der Waals surface area contributed by atoms with Crippen LogP contribution in [0.25, 0.3) is 0 Å². The van der Waals surface area contributed by atoms with Gasteiger partial charge in [-0.2, -0.15) is 10.1 Å². The highest BCUT2D eigenvalue weighted by molar-refractivity contribution is 5.67. The lowest BCUT2D eigenvalue weighted by molar-refractivity contribution is 0.0983. The third-order valence-electron chi connectivity index (χ3n) is 4.53. The Bertz CT molecular complexity index is 808. The number of nitrogens with one attached hydrogen (secondary N) is 2. The Balaban J connectivity index is 1.60. The van der Waals surface area contributed by atoms with Gasteiger partial charge in [0.1, 0.15) is 5.75 Å². The number of ether oxygens (including phenoxy) is 2. The van der Waals surface area contributed by atoms with Gasteiger partial charge in [-0.1, -0.05) is 6.07 Å². The molecule has 150 valence electrons. The normalized spacial score (nSPS) is 14.5. The second-order valence-corrected chi connectivity index (χ2v) is 6.60. The first-order valence-electron chi connectivity index (χ1n) is 9.38. The fourth-order valence-electron chi connectivity index (χ4n) is 3.09. The van der Waals surface area contributed by atoms with Gasteiger partial charge < -0.3 is 25.0 Å². The SMILES string of the molecule is CCOC(=O)N1CCC(Nc2nncc(Nc3cc(C)ccc3OC)n2)CC1. The third kappa shape index (κ3) is 4.99. The topological polar surface area (TPSA) is 102 Å². The number of likely N-dealkylation sites (tertiary alicyclic amines) is 1. The zero-order valence-corrected chi connectivity index (χ0v) is 16.4. The number of rotatable bonds is 6. The van der Waals surface area contributed by atoms with Gasteiger partial charge in [0.2, 0.25) is 5.95 Å². The Morgan fingerprint density at radius 2 is 2.11 bits per heavy atom. The van der Waals surface area contributed by atoms with Crippen molar-refractivity contribution in [1.29, 1.82) is 0 Å². The van der Waals surface area contributed by atoms with Crippen LogP contribution in [0.15, 0.2) is 24.4 Å². The molecule has 0 aliphatic carbocycles. The maximum Gasteiger partial charge on any atom is 0.409 e. The first-order chi connectivity index (χ1) is 13.6. The van der Waals surface area contributed by atoms with Gasteiger partial charge in [-0.15, -0.1) is 5.10 Å². The summed E-state index contributed by atoms with van der Waals surface area (Å²) in [5.41, 5.74) is 1.92. The van der Waals surface area contributed by atoms with Crippen molar-refractivity contribution in [3.05, 3.63) is 30.0 Å². The van der Waals surface area contributed by atoms with Crippen molar-refractivity contribution in [3.63, 3.8) is 0 Å². The minimum Gasteiger partial charge on any atom is -0.495 e. The van der Waals surface area contributed by atoms with E-state index in [-0.39, 0.29) is 12.1 Å². The predicted molar refractivity (Wildman–Crippen MR) is 106 cm³/mol. The number of hydrogen-bond donors (Lipinski definition) is 2. The van der Waals surface area contributed by atoms with Gasteiger partial charge >= 0.3 is 6.09 Å². The highest BCUT2D eigenvalue weighted by atomic mass is 16.6. The van der Waals surface area contributed by atoms with Gasteiger partial charge in [-0.25, -0.2) is 4.79 Å². The minimum absolute atomic E-state index is 0.177. The lowest BCUT2D eigenvalue weighted by Crippen LogP contribution is -2.42. The van der Waals surface area contributed by atoms with Gasteiger partial charge in [0.15, 0.2) is 5.82 Å². The molecule has 0 unspecified atom stereocenters. The number of piperidine rings is 1. The summed E-state index contributed by atoms with van der Waals surface area (Å²) in [7, 11) is 1.63. The predicted octanol–water partition coefficient (Wildman–Crippen LogP) is 2.97. The van der Waals surface area contributed by atoms with Gasteiger partial charge in [-0.3, -0.25) is 0 Å². The van der Waals surface area contributed by atoms with E-state index in [1.165, 1.54) is 0 Å². The van der Waals surface area contributed by atoms with E-state index in [0.29, 0.717) is 31.5 Å². The van der Waals surface area contributed by atoms with E-state index in [1.807, 2.05) is 32.0 Å². The molecule has 0 radical (unpaired) electrons. The number of anilines is 3. The molecule has 1 aliphatic rings. The molecule has 1 saturated heterocycles. The molecule has 0 atom stereocenters. The zero-order valence-electron chi connectivity index (χ0n) is 16.4. The van der Waals surface area contributed by atoms with E-state index in [1.54, 1.807) is 18.2 Å². The largest absolute Gasteiger partial charge is 0.495 e. The average Bonchev–Trinajstić information content (AvgIpc) is 2.69. The second kappa shape index (κ2) is 9.20. The molecule has 0 bridgehead atoms. The zero-order chi connectivity index (χ0) is 19.9. The molecular weight excluding hydrogens is 360 g/mol. The molecule has 1 aliphatic heterocycles. The quantitative estimate of drug-likeness (QED) is 0.781. The summed E-state index contributed by atoms with van der Waals surface area (Å²) < 4.78 is 10.4. The highest BCUT2D eigenvalue weighted by Gasteiger charge is 2.24.